The lowest BCUT2D eigenvalue weighted by atomic mass is 9.88. The first-order chi connectivity index (χ1) is 10.6. The van der Waals surface area contributed by atoms with Gasteiger partial charge >= 0.3 is 5.97 Å². The fraction of sp³-hybridized carbons (Fsp3) is 0.250. The summed E-state index contributed by atoms with van der Waals surface area (Å²) in [4.78, 5) is 11.0. The Balaban J connectivity index is 2.57. The molecule has 0 aliphatic rings. The average Bonchev–Trinajstić information content (AvgIpc) is 2.53. The SMILES string of the molecule is CC/C(=C(/CCC(=O)O)c1ccccc1C)c1ccccc1. The minimum Gasteiger partial charge on any atom is -0.481 e. The Bertz CT molecular complexity index is 669. The Morgan fingerprint density at radius 3 is 2.14 bits per heavy atom. The van der Waals surface area contributed by atoms with E-state index in [2.05, 4.69) is 38.1 Å². The molecule has 0 spiro atoms. The van der Waals surface area contributed by atoms with Gasteiger partial charge in [-0.3, -0.25) is 4.79 Å². The molecule has 0 fully saturated rings. The largest absolute Gasteiger partial charge is 0.481 e. The third kappa shape index (κ3) is 3.85. The molecule has 2 aromatic carbocycles. The van der Waals surface area contributed by atoms with Crippen LogP contribution >= 0.6 is 0 Å². The lowest BCUT2D eigenvalue weighted by Gasteiger charge is -2.17. The van der Waals surface area contributed by atoms with Gasteiger partial charge in [0.1, 0.15) is 0 Å². The fourth-order valence-electron chi connectivity index (χ4n) is 2.82. The molecule has 0 aliphatic carbocycles. The molecule has 2 nitrogen and oxygen atoms in total. The summed E-state index contributed by atoms with van der Waals surface area (Å²) < 4.78 is 0. The van der Waals surface area contributed by atoms with Crippen LogP contribution in [0.15, 0.2) is 54.6 Å². The van der Waals surface area contributed by atoms with Crippen LogP contribution in [0.25, 0.3) is 11.1 Å². The normalized spacial score (nSPS) is 11.9. The van der Waals surface area contributed by atoms with Crippen molar-refractivity contribution in [2.24, 2.45) is 0 Å². The van der Waals surface area contributed by atoms with E-state index in [-0.39, 0.29) is 6.42 Å². The highest BCUT2D eigenvalue weighted by molar-refractivity contribution is 5.92. The van der Waals surface area contributed by atoms with Gasteiger partial charge in [0.05, 0.1) is 0 Å². The van der Waals surface area contributed by atoms with Gasteiger partial charge in [0.2, 0.25) is 0 Å². The Morgan fingerprint density at radius 2 is 1.55 bits per heavy atom. The predicted octanol–water partition coefficient (Wildman–Crippen LogP) is 5.18. The molecule has 22 heavy (non-hydrogen) atoms. The lowest BCUT2D eigenvalue weighted by molar-refractivity contribution is -0.136. The zero-order chi connectivity index (χ0) is 15.9. The second kappa shape index (κ2) is 7.60. The van der Waals surface area contributed by atoms with E-state index in [1.165, 1.54) is 16.7 Å². The Morgan fingerprint density at radius 1 is 0.909 bits per heavy atom. The van der Waals surface area contributed by atoms with Crippen molar-refractivity contribution in [2.45, 2.75) is 33.1 Å². The number of benzene rings is 2. The molecule has 0 heterocycles. The highest BCUT2D eigenvalue weighted by atomic mass is 16.4. The standard InChI is InChI=1S/C20H22O2/c1-3-17(16-10-5-4-6-11-16)19(13-14-20(21)22)18-12-8-7-9-15(18)2/h4-12H,3,13-14H2,1-2H3,(H,21,22)/b19-17+. The number of rotatable bonds is 6. The molecule has 0 saturated carbocycles. The van der Waals surface area contributed by atoms with Gasteiger partial charge in [0.15, 0.2) is 0 Å². The van der Waals surface area contributed by atoms with Crippen LogP contribution < -0.4 is 0 Å². The number of carbonyl (C=O) groups is 1. The van der Waals surface area contributed by atoms with Gasteiger partial charge in [-0.25, -0.2) is 0 Å². The van der Waals surface area contributed by atoms with Crippen LogP contribution in [0.4, 0.5) is 0 Å². The molecule has 2 rings (SSSR count). The number of hydrogen-bond acceptors (Lipinski definition) is 1. The van der Waals surface area contributed by atoms with E-state index in [1.54, 1.807) is 0 Å². The second-order valence-electron chi connectivity index (χ2n) is 5.39. The van der Waals surface area contributed by atoms with E-state index < -0.39 is 5.97 Å². The molecule has 0 aliphatic heterocycles. The maximum Gasteiger partial charge on any atom is 0.303 e. The molecule has 2 heteroatoms. The summed E-state index contributed by atoms with van der Waals surface area (Å²) in [6.45, 7) is 4.20. The molecule has 0 unspecified atom stereocenters. The van der Waals surface area contributed by atoms with E-state index >= 15 is 0 Å². The van der Waals surface area contributed by atoms with E-state index in [0.717, 1.165) is 17.6 Å². The molecular formula is C20H22O2. The molecule has 0 bridgehead atoms. The van der Waals surface area contributed by atoms with Crippen LogP contribution in [0.3, 0.4) is 0 Å². The Kier molecular flexibility index (Phi) is 5.54. The first-order valence-electron chi connectivity index (χ1n) is 7.68. The summed E-state index contributed by atoms with van der Waals surface area (Å²) in [5.41, 5.74) is 5.90. The molecular weight excluding hydrogens is 272 g/mol. The van der Waals surface area contributed by atoms with E-state index in [9.17, 15) is 4.79 Å². The zero-order valence-electron chi connectivity index (χ0n) is 13.2. The lowest BCUT2D eigenvalue weighted by Crippen LogP contribution is -2.00. The maximum atomic E-state index is 11.0. The van der Waals surface area contributed by atoms with E-state index in [4.69, 9.17) is 5.11 Å². The quantitative estimate of drug-likeness (QED) is 0.745. The molecule has 2 aromatic rings. The first-order valence-corrected chi connectivity index (χ1v) is 7.68. The summed E-state index contributed by atoms with van der Waals surface area (Å²) in [6.07, 6.45) is 1.59. The number of carboxylic acids is 1. The van der Waals surface area contributed by atoms with Crippen molar-refractivity contribution in [1.29, 1.82) is 0 Å². The fourth-order valence-corrected chi connectivity index (χ4v) is 2.82. The number of aliphatic carboxylic acids is 1. The molecule has 1 N–H and O–H groups in total. The zero-order valence-corrected chi connectivity index (χ0v) is 13.2. The number of carboxylic acid groups (broad SMARTS) is 1. The Labute approximate surface area is 132 Å². The molecule has 0 atom stereocenters. The first kappa shape index (κ1) is 16.0. The maximum absolute atomic E-state index is 11.0. The predicted molar refractivity (Wildman–Crippen MR) is 91.6 cm³/mol. The Hall–Kier alpha value is -2.35. The smallest absolute Gasteiger partial charge is 0.303 e. The van der Waals surface area contributed by atoms with Crippen LogP contribution in [0.5, 0.6) is 0 Å². The van der Waals surface area contributed by atoms with Crippen molar-refractivity contribution >= 4 is 17.1 Å². The van der Waals surface area contributed by atoms with Gasteiger partial charge in [-0.05, 0) is 47.6 Å². The van der Waals surface area contributed by atoms with Crippen molar-refractivity contribution in [2.75, 3.05) is 0 Å². The van der Waals surface area contributed by atoms with Crippen LogP contribution in [0.1, 0.15) is 42.9 Å². The molecule has 0 saturated heterocycles. The highest BCUT2D eigenvalue weighted by Gasteiger charge is 2.13. The summed E-state index contributed by atoms with van der Waals surface area (Å²) in [5, 5.41) is 9.08. The van der Waals surface area contributed by atoms with Gasteiger partial charge in [0, 0.05) is 6.42 Å². The van der Waals surface area contributed by atoms with Crippen molar-refractivity contribution in [3.05, 3.63) is 71.3 Å². The van der Waals surface area contributed by atoms with Crippen molar-refractivity contribution in [3.8, 4) is 0 Å². The van der Waals surface area contributed by atoms with Gasteiger partial charge in [-0.1, -0.05) is 61.5 Å². The minimum absolute atomic E-state index is 0.153. The van der Waals surface area contributed by atoms with Gasteiger partial charge < -0.3 is 5.11 Å². The monoisotopic (exact) mass is 294 g/mol. The van der Waals surface area contributed by atoms with Crippen LogP contribution in [-0.4, -0.2) is 11.1 Å². The molecule has 0 aromatic heterocycles. The molecule has 0 amide bonds. The number of hydrogen-bond donors (Lipinski definition) is 1. The summed E-state index contributed by atoms with van der Waals surface area (Å²) >= 11 is 0. The van der Waals surface area contributed by atoms with Crippen LogP contribution in [0, 0.1) is 6.92 Å². The van der Waals surface area contributed by atoms with Crippen LogP contribution in [-0.2, 0) is 4.79 Å². The van der Waals surface area contributed by atoms with Crippen LogP contribution in [0.2, 0.25) is 0 Å². The van der Waals surface area contributed by atoms with Crippen molar-refractivity contribution in [3.63, 3.8) is 0 Å². The van der Waals surface area contributed by atoms with Crippen molar-refractivity contribution < 1.29 is 9.90 Å². The third-order valence-corrected chi connectivity index (χ3v) is 3.90. The highest BCUT2D eigenvalue weighted by Crippen LogP contribution is 2.33. The number of allylic oxidation sites excluding steroid dienone is 2. The van der Waals surface area contributed by atoms with E-state index in [1.807, 2.05) is 30.3 Å². The van der Waals surface area contributed by atoms with Crippen molar-refractivity contribution in [1.82, 2.24) is 0 Å². The number of aryl methyl sites for hydroxylation is 1. The second-order valence-corrected chi connectivity index (χ2v) is 5.39. The summed E-state index contributed by atoms with van der Waals surface area (Å²) in [6, 6.07) is 18.4. The third-order valence-electron chi connectivity index (χ3n) is 3.90. The summed E-state index contributed by atoms with van der Waals surface area (Å²) in [5.74, 6) is -0.755. The van der Waals surface area contributed by atoms with Gasteiger partial charge in [-0.15, -0.1) is 0 Å². The molecule has 114 valence electrons. The molecule has 0 radical (unpaired) electrons. The van der Waals surface area contributed by atoms with Gasteiger partial charge in [-0.2, -0.15) is 0 Å². The van der Waals surface area contributed by atoms with Gasteiger partial charge in [0.25, 0.3) is 0 Å². The topological polar surface area (TPSA) is 37.3 Å². The minimum atomic E-state index is -0.755. The van der Waals surface area contributed by atoms with E-state index in [0.29, 0.717) is 6.42 Å². The average molecular weight is 294 g/mol. The summed E-state index contributed by atoms with van der Waals surface area (Å²) in [7, 11) is 0.